The molecule has 1 aromatic rings. The summed E-state index contributed by atoms with van der Waals surface area (Å²) in [6.07, 6.45) is -4.99. The molecule has 0 saturated heterocycles. The number of benzene rings is 1. The van der Waals surface area contributed by atoms with Gasteiger partial charge in [-0.2, -0.15) is 18.4 Å². The van der Waals surface area contributed by atoms with E-state index in [4.69, 9.17) is 5.26 Å². The third-order valence-electron chi connectivity index (χ3n) is 2.16. The summed E-state index contributed by atoms with van der Waals surface area (Å²) in [7, 11) is 1.13. The standard InChI is InChI=1S/C11H7F3INO2/c1-18-10(17)3-6-2-7(15)4-9(8(6)5-16)11(12,13)14/h2,4H,3H2,1H3. The highest BCUT2D eigenvalue weighted by atomic mass is 127. The molecule has 7 heteroatoms. The van der Waals surface area contributed by atoms with Crippen molar-refractivity contribution in [2.45, 2.75) is 12.6 Å². The molecule has 0 amide bonds. The monoisotopic (exact) mass is 369 g/mol. The first-order valence-electron chi connectivity index (χ1n) is 4.66. The van der Waals surface area contributed by atoms with Crippen LogP contribution in [0.1, 0.15) is 16.7 Å². The number of nitrogens with zero attached hydrogens (tertiary/aromatic N) is 1. The Morgan fingerprint density at radius 1 is 1.50 bits per heavy atom. The lowest BCUT2D eigenvalue weighted by atomic mass is 9.99. The van der Waals surface area contributed by atoms with Crippen molar-refractivity contribution in [3.8, 4) is 6.07 Å². The maximum absolute atomic E-state index is 12.7. The molecule has 0 heterocycles. The maximum Gasteiger partial charge on any atom is 0.417 e. The summed E-state index contributed by atoms with van der Waals surface area (Å²) >= 11 is 1.70. The zero-order valence-corrected chi connectivity index (χ0v) is 11.3. The lowest BCUT2D eigenvalue weighted by Gasteiger charge is -2.12. The molecule has 0 bridgehead atoms. The predicted octanol–water partition coefficient (Wildman–Crippen LogP) is 2.90. The molecule has 0 spiro atoms. The number of rotatable bonds is 2. The molecule has 96 valence electrons. The highest BCUT2D eigenvalue weighted by Gasteiger charge is 2.35. The van der Waals surface area contributed by atoms with E-state index in [0.717, 1.165) is 13.2 Å². The Labute approximate surface area is 115 Å². The van der Waals surface area contributed by atoms with Crippen LogP contribution in [-0.2, 0) is 22.1 Å². The average Bonchev–Trinajstić information content (AvgIpc) is 2.27. The number of halogens is 4. The van der Waals surface area contributed by atoms with E-state index < -0.39 is 23.3 Å². The predicted molar refractivity (Wildman–Crippen MR) is 64.6 cm³/mol. The topological polar surface area (TPSA) is 50.1 Å². The van der Waals surface area contributed by atoms with Crippen molar-refractivity contribution in [1.29, 1.82) is 5.26 Å². The highest BCUT2D eigenvalue weighted by Crippen LogP contribution is 2.34. The summed E-state index contributed by atoms with van der Waals surface area (Å²) in [5, 5.41) is 8.83. The summed E-state index contributed by atoms with van der Waals surface area (Å²) in [5.41, 5.74) is -1.55. The Morgan fingerprint density at radius 3 is 2.56 bits per heavy atom. The third-order valence-corrected chi connectivity index (χ3v) is 2.79. The largest absolute Gasteiger partial charge is 0.469 e. The van der Waals surface area contributed by atoms with E-state index in [1.165, 1.54) is 12.1 Å². The number of hydrogen-bond donors (Lipinski definition) is 0. The van der Waals surface area contributed by atoms with Crippen LogP contribution in [0, 0.1) is 14.9 Å². The second-order valence-electron chi connectivity index (χ2n) is 3.35. The second-order valence-corrected chi connectivity index (χ2v) is 4.60. The van der Waals surface area contributed by atoms with E-state index in [1.54, 1.807) is 22.6 Å². The van der Waals surface area contributed by atoms with E-state index in [1.807, 2.05) is 0 Å². The first kappa shape index (κ1) is 14.8. The van der Waals surface area contributed by atoms with E-state index in [-0.39, 0.29) is 12.0 Å². The summed E-state index contributed by atoms with van der Waals surface area (Å²) in [6.45, 7) is 0. The van der Waals surface area contributed by atoms with Crippen LogP contribution in [0.5, 0.6) is 0 Å². The van der Waals surface area contributed by atoms with Gasteiger partial charge in [0.15, 0.2) is 0 Å². The molecule has 0 unspecified atom stereocenters. The normalized spacial score (nSPS) is 10.9. The van der Waals surface area contributed by atoms with Crippen LogP contribution >= 0.6 is 22.6 Å². The summed E-state index contributed by atoms with van der Waals surface area (Å²) in [4.78, 5) is 11.1. The van der Waals surface area contributed by atoms with E-state index >= 15 is 0 Å². The molecule has 0 atom stereocenters. The Balaban J connectivity index is 3.40. The number of hydrogen-bond acceptors (Lipinski definition) is 3. The number of carbonyl (C=O) groups is 1. The third kappa shape index (κ3) is 3.35. The number of ether oxygens (including phenoxy) is 1. The minimum absolute atomic E-state index is 0.0172. The quantitative estimate of drug-likeness (QED) is 0.595. The lowest BCUT2D eigenvalue weighted by molar-refractivity contribution is -0.140. The zero-order chi connectivity index (χ0) is 13.9. The Bertz CT molecular complexity index is 520. The highest BCUT2D eigenvalue weighted by molar-refractivity contribution is 14.1. The minimum Gasteiger partial charge on any atom is -0.469 e. The van der Waals surface area contributed by atoms with Crippen molar-refractivity contribution in [2.24, 2.45) is 0 Å². The van der Waals surface area contributed by atoms with Gasteiger partial charge >= 0.3 is 12.1 Å². The molecule has 1 aromatic carbocycles. The summed E-state index contributed by atoms with van der Waals surface area (Å²) in [6, 6.07) is 3.74. The van der Waals surface area contributed by atoms with Crippen molar-refractivity contribution in [1.82, 2.24) is 0 Å². The molecule has 18 heavy (non-hydrogen) atoms. The van der Waals surface area contributed by atoms with Crippen LogP contribution in [0.3, 0.4) is 0 Å². The van der Waals surface area contributed by atoms with Crippen LogP contribution < -0.4 is 0 Å². The van der Waals surface area contributed by atoms with E-state index in [0.29, 0.717) is 3.57 Å². The van der Waals surface area contributed by atoms with Crippen LogP contribution in [0.2, 0.25) is 0 Å². The van der Waals surface area contributed by atoms with Gasteiger partial charge in [-0.25, -0.2) is 0 Å². The van der Waals surface area contributed by atoms with Crippen molar-refractivity contribution in [3.63, 3.8) is 0 Å². The fourth-order valence-electron chi connectivity index (χ4n) is 1.39. The minimum atomic E-state index is -4.63. The van der Waals surface area contributed by atoms with Gasteiger partial charge in [0.25, 0.3) is 0 Å². The van der Waals surface area contributed by atoms with Crippen molar-refractivity contribution in [2.75, 3.05) is 7.11 Å². The number of carbonyl (C=O) groups excluding carboxylic acids is 1. The number of alkyl halides is 3. The van der Waals surface area contributed by atoms with Crippen LogP contribution in [-0.4, -0.2) is 13.1 Å². The van der Waals surface area contributed by atoms with Crippen LogP contribution in [0.15, 0.2) is 12.1 Å². The Kier molecular flexibility index (Phi) is 4.56. The summed E-state index contributed by atoms with van der Waals surface area (Å²) in [5.74, 6) is -0.693. The fraction of sp³-hybridized carbons (Fsp3) is 0.273. The maximum atomic E-state index is 12.7. The molecule has 1 rings (SSSR count). The van der Waals surface area contributed by atoms with Crippen LogP contribution in [0.4, 0.5) is 13.2 Å². The molecule has 0 saturated carbocycles. The van der Waals surface area contributed by atoms with Gasteiger partial charge in [0.1, 0.15) is 6.07 Å². The SMILES string of the molecule is COC(=O)Cc1cc(I)cc(C(F)(F)F)c1C#N. The van der Waals surface area contributed by atoms with E-state index in [2.05, 4.69) is 4.74 Å². The molecule has 0 N–H and O–H groups in total. The second kappa shape index (κ2) is 5.56. The lowest BCUT2D eigenvalue weighted by Crippen LogP contribution is -2.13. The first-order chi connectivity index (χ1) is 8.29. The van der Waals surface area contributed by atoms with Gasteiger partial charge < -0.3 is 4.74 Å². The Hall–Kier alpha value is -1.30. The van der Waals surface area contributed by atoms with Gasteiger partial charge in [-0.15, -0.1) is 0 Å². The molecule has 0 aliphatic rings. The Morgan fingerprint density at radius 2 is 2.11 bits per heavy atom. The fourth-order valence-corrected chi connectivity index (χ4v) is 2.07. The van der Waals surface area contributed by atoms with Crippen LogP contribution in [0.25, 0.3) is 0 Å². The molecule has 3 nitrogen and oxygen atoms in total. The number of esters is 1. The molecular formula is C11H7F3INO2. The molecule has 0 aliphatic carbocycles. The molecule has 0 fully saturated rings. The molecule has 0 aromatic heterocycles. The van der Waals surface area contributed by atoms with Gasteiger partial charge in [-0.05, 0) is 40.3 Å². The smallest absolute Gasteiger partial charge is 0.417 e. The van der Waals surface area contributed by atoms with Gasteiger partial charge in [0.05, 0.1) is 24.7 Å². The van der Waals surface area contributed by atoms with Gasteiger partial charge in [0.2, 0.25) is 0 Å². The molecular weight excluding hydrogens is 362 g/mol. The van der Waals surface area contributed by atoms with Gasteiger partial charge in [-0.1, -0.05) is 0 Å². The van der Waals surface area contributed by atoms with Crippen molar-refractivity contribution in [3.05, 3.63) is 32.4 Å². The van der Waals surface area contributed by atoms with Crippen molar-refractivity contribution >= 4 is 28.6 Å². The van der Waals surface area contributed by atoms with Gasteiger partial charge in [-0.3, -0.25) is 4.79 Å². The first-order valence-corrected chi connectivity index (χ1v) is 5.74. The van der Waals surface area contributed by atoms with Crippen molar-refractivity contribution < 1.29 is 22.7 Å². The number of methoxy groups -OCH3 is 1. The summed E-state index contributed by atoms with van der Waals surface area (Å²) < 4.78 is 42.9. The molecule has 0 aliphatic heterocycles. The zero-order valence-electron chi connectivity index (χ0n) is 9.14. The number of nitriles is 1. The van der Waals surface area contributed by atoms with Gasteiger partial charge in [0, 0.05) is 3.57 Å². The average molecular weight is 369 g/mol. The van der Waals surface area contributed by atoms with E-state index in [9.17, 15) is 18.0 Å². The molecule has 0 radical (unpaired) electrons.